The molecule has 184 valence electrons. The number of thioether (sulfide) groups is 1. The van der Waals surface area contributed by atoms with Crippen molar-refractivity contribution < 1.29 is 9.53 Å². The lowest BCUT2D eigenvalue weighted by Gasteiger charge is -2.31. The minimum Gasteiger partial charge on any atom is -0.482 e. The number of carbonyl (C=O) groups excluding carboxylic acids is 1. The molecule has 1 aliphatic heterocycles. The zero-order chi connectivity index (χ0) is 25.3. The van der Waals surface area contributed by atoms with Crippen LogP contribution in [0.4, 0.5) is 0 Å². The lowest BCUT2D eigenvalue weighted by molar-refractivity contribution is -0.127. The Morgan fingerprint density at radius 2 is 2.09 bits per heavy atom. The molecule has 0 bridgehead atoms. The topological polar surface area (TPSA) is 125 Å². The number of nitrogens with one attached hydrogen (secondary N) is 2. The van der Waals surface area contributed by atoms with Gasteiger partial charge >= 0.3 is 0 Å². The largest absolute Gasteiger partial charge is 0.482 e. The van der Waals surface area contributed by atoms with E-state index in [1.165, 1.54) is 6.08 Å². The number of ether oxygens (including phenoxy) is 1. The van der Waals surface area contributed by atoms with E-state index in [2.05, 4.69) is 22.0 Å². The van der Waals surface area contributed by atoms with Crippen LogP contribution in [0.25, 0.3) is 16.8 Å². The molecule has 3 aromatic heterocycles. The number of hydrogen-bond donors (Lipinski definition) is 2. The summed E-state index contributed by atoms with van der Waals surface area (Å²) >= 11 is 7.43. The summed E-state index contributed by atoms with van der Waals surface area (Å²) in [6.07, 6.45) is 5.72. The molecule has 0 saturated carbocycles. The number of likely N-dealkylation sites (tertiary alicyclic amines) is 1. The van der Waals surface area contributed by atoms with E-state index in [1.807, 2.05) is 23.9 Å². The summed E-state index contributed by atoms with van der Waals surface area (Å²) in [7, 11) is 0. The normalized spacial score (nSPS) is 15.3. The van der Waals surface area contributed by atoms with Gasteiger partial charge in [0.25, 0.3) is 0 Å². The first-order valence-corrected chi connectivity index (χ1v) is 12.4. The quantitative estimate of drug-likeness (QED) is 0.285. The fourth-order valence-electron chi connectivity index (χ4n) is 4.17. The summed E-state index contributed by atoms with van der Waals surface area (Å²) in [6.45, 7) is 10.2. The van der Waals surface area contributed by atoms with Gasteiger partial charge in [-0.25, -0.2) is 9.20 Å². The smallest absolute Gasteiger partial charge is 0.245 e. The fraction of sp³-hybridized carbons (Fsp3) is 0.391. The van der Waals surface area contributed by atoms with Crippen LogP contribution in [0.5, 0.6) is 5.75 Å². The highest BCUT2D eigenvalue weighted by Crippen LogP contribution is 2.34. The third kappa shape index (κ3) is 5.10. The van der Waals surface area contributed by atoms with Crippen molar-refractivity contribution in [3.63, 3.8) is 0 Å². The number of amides is 1. The van der Waals surface area contributed by atoms with Gasteiger partial charge in [-0.3, -0.25) is 15.6 Å². The SMILES string of the molecule is C=CC(=O)N1CCC(n2nnc(-c3cc(OC(C)C(=N)SC(C)=N)c4c(Cl)cnn4c3)c2C)CC1. The lowest BCUT2D eigenvalue weighted by atomic mass is 10.0. The van der Waals surface area contributed by atoms with Crippen LogP contribution in [0.3, 0.4) is 0 Å². The first-order chi connectivity index (χ1) is 16.7. The second kappa shape index (κ2) is 10.2. The molecule has 1 fully saturated rings. The molecular formula is C23H27ClN8O2S. The maximum Gasteiger partial charge on any atom is 0.245 e. The number of piperidine rings is 1. The number of pyridine rings is 1. The highest BCUT2D eigenvalue weighted by molar-refractivity contribution is 8.26. The molecule has 0 radical (unpaired) electrons. The predicted octanol–water partition coefficient (Wildman–Crippen LogP) is 4.38. The fourth-order valence-corrected chi connectivity index (χ4v) is 4.94. The Bertz CT molecular complexity index is 1310. The Kier molecular flexibility index (Phi) is 7.27. The highest BCUT2D eigenvalue weighted by atomic mass is 35.5. The van der Waals surface area contributed by atoms with Crippen LogP contribution in [-0.4, -0.2) is 64.7 Å². The van der Waals surface area contributed by atoms with Crippen molar-refractivity contribution in [1.29, 1.82) is 10.8 Å². The van der Waals surface area contributed by atoms with E-state index >= 15 is 0 Å². The molecule has 1 saturated heterocycles. The molecule has 35 heavy (non-hydrogen) atoms. The van der Waals surface area contributed by atoms with Gasteiger partial charge in [-0.15, -0.1) is 5.10 Å². The molecule has 0 aromatic carbocycles. The Balaban J connectivity index is 1.63. The number of halogens is 1. The molecule has 10 nitrogen and oxygen atoms in total. The maximum absolute atomic E-state index is 11.9. The molecule has 1 atom stereocenters. The van der Waals surface area contributed by atoms with Crippen molar-refractivity contribution in [1.82, 2.24) is 29.5 Å². The van der Waals surface area contributed by atoms with Crippen molar-refractivity contribution in [2.45, 2.75) is 45.8 Å². The summed E-state index contributed by atoms with van der Waals surface area (Å²) < 4.78 is 9.67. The molecule has 1 amide bonds. The number of aromatic nitrogens is 5. The minimum absolute atomic E-state index is 0.0466. The first kappa shape index (κ1) is 24.9. The molecule has 4 heterocycles. The van der Waals surface area contributed by atoms with Gasteiger partial charge in [0.15, 0.2) is 0 Å². The molecule has 0 spiro atoms. The number of fused-ring (bicyclic) bond motifs is 1. The first-order valence-electron chi connectivity index (χ1n) is 11.2. The van der Waals surface area contributed by atoms with Crippen molar-refractivity contribution in [3.8, 4) is 17.0 Å². The molecule has 4 rings (SSSR count). The zero-order valence-electron chi connectivity index (χ0n) is 19.8. The van der Waals surface area contributed by atoms with Gasteiger partial charge in [0, 0.05) is 24.8 Å². The van der Waals surface area contributed by atoms with Gasteiger partial charge in [0.1, 0.15) is 28.1 Å². The van der Waals surface area contributed by atoms with Gasteiger partial charge in [0.2, 0.25) is 5.91 Å². The second-order valence-electron chi connectivity index (χ2n) is 8.39. The third-order valence-electron chi connectivity index (χ3n) is 5.97. The number of carbonyl (C=O) groups is 1. The number of rotatable bonds is 6. The highest BCUT2D eigenvalue weighted by Gasteiger charge is 2.26. The van der Waals surface area contributed by atoms with E-state index in [0.29, 0.717) is 40.1 Å². The Morgan fingerprint density at radius 1 is 1.37 bits per heavy atom. The molecule has 12 heteroatoms. The summed E-state index contributed by atoms with van der Waals surface area (Å²) in [5.74, 6) is 0.422. The lowest BCUT2D eigenvalue weighted by Crippen LogP contribution is -2.38. The second-order valence-corrected chi connectivity index (χ2v) is 10.1. The van der Waals surface area contributed by atoms with E-state index in [4.69, 9.17) is 27.2 Å². The van der Waals surface area contributed by atoms with Crippen LogP contribution in [-0.2, 0) is 4.79 Å². The van der Waals surface area contributed by atoms with Gasteiger partial charge < -0.3 is 9.64 Å². The van der Waals surface area contributed by atoms with E-state index < -0.39 is 6.10 Å². The molecule has 3 aromatic rings. The van der Waals surface area contributed by atoms with E-state index in [1.54, 1.807) is 29.5 Å². The number of nitrogens with zero attached hydrogens (tertiary/aromatic N) is 6. The average Bonchev–Trinajstić information content (AvgIpc) is 3.40. The zero-order valence-corrected chi connectivity index (χ0v) is 21.4. The summed E-state index contributed by atoms with van der Waals surface area (Å²) in [5, 5.41) is 30.0. The average molecular weight is 515 g/mol. The van der Waals surface area contributed by atoms with E-state index in [-0.39, 0.29) is 17.0 Å². The van der Waals surface area contributed by atoms with Crippen LogP contribution in [0.15, 0.2) is 31.1 Å². The van der Waals surface area contributed by atoms with Crippen molar-refractivity contribution in [2.24, 2.45) is 0 Å². The van der Waals surface area contributed by atoms with Crippen LogP contribution < -0.4 is 4.74 Å². The predicted molar refractivity (Wildman–Crippen MR) is 138 cm³/mol. The van der Waals surface area contributed by atoms with Gasteiger partial charge in [-0.05, 0) is 45.8 Å². The van der Waals surface area contributed by atoms with Crippen molar-refractivity contribution >= 4 is 44.9 Å². The van der Waals surface area contributed by atoms with Gasteiger partial charge in [0.05, 0.1) is 28.0 Å². The van der Waals surface area contributed by atoms with Gasteiger partial charge in [-0.1, -0.05) is 35.2 Å². The summed E-state index contributed by atoms with van der Waals surface area (Å²) in [5.41, 5.74) is 2.94. The van der Waals surface area contributed by atoms with Crippen LogP contribution >= 0.6 is 23.4 Å². The minimum atomic E-state index is -0.578. The van der Waals surface area contributed by atoms with Crippen molar-refractivity contribution in [3.05, 3.63) is 41.8 Å². The molecule has 1 unspecified atom stereocenters. The Hall–Kier alpha value is -3.18. The van der Waals surface area contributed by atoms with Crippen molar-refractivity contribution in [2.75, 3.05) is 13.1 Å². The third-order valence-corrected chi connectivity index (χ3v) is 7.10. The summed E-state index contributed by atoms with van der Waals surface area (Å²) in [6, 6.07) is 1.98. The van der Waals surface area contributed by atoms with Crippen LogP contribution in [0.2, 0.25) is 5.02 Å². The Labute approximate surface area is 212 Å². The molecular weight excluding hydrogens is 488 g/mol. The molecule has 1 aliphatic rings. The monoisotopic (exact) mass is 514 g/mol. The van der Waals surface area contributed by atoms with Crippen LogP contribution in [0.1, 0.15) is 38.4 Å². The standard InChI is InChI=1S/C23H27ClN8O2S/c1-5-20(33)30-8-6-17(7-9-30)32-13(2)21(28-29-32)16-10-19(22-18(24)11-27-31(22)12-16)34-14(3)23(26)35-15(4)25/h5,10-12,14,17,25-26H,1,6-9H2,2-4H3. The van der Waals surface area contributed by atoms with Crippen LogP contribution in [0, 0.1) is 17.7 Å². The molecule has 0 aliphatic carbocycles. The maximum atomic E-state index is 11.9. The molecule has 2 N–H and O–H groups in total. The van der Waals surface area contributed by atoms with E-state index in [0.717, 1.165) is 35.9 Å². The Morgan fingerprint density at radius 3 is 2.74 bits per heavy atom. The van der Waals surface area contributed by atoms with E-state index in [9.17, 15) is 4.79 Å². The summed E-state index contributed by atoms with van der Waals surface area (Å²) in [4.78, 5) is 13.7. The number of hydrogen-bond acceptors (Lipinski definition) is 8. The van der Waals surface area contributed by atoms with Gasteiger partial charge in [-0.2, -0.15) is 5.10 Å².